The quantitative estimate of drug-likeness (QED) is 0.111. The van der Waals surface area contributed by atoms with Crippen LogP contribution in [0.25, 0.3) is 11.1 Å². The van der Waals surface area contributed by atoms with Gasteiger partial charge in [-0.2, -0.15) is 0 Å². The maximum atomic E-state index is 2.42. The predicted octanol–water partition coefficient (Wildman–Crippen LogP) is 13.8. The SMILES string of the molecule is Cc1cc(C)c(C)c(C)c1.Cc1cc(C)c(Cc2ccc(C(=C(c3ccccc3)c3ccc(B4c5c(C)cc(C)cc5Cc5cc(C)cc(C)c54)cc3)c3ccccc3)cc2)c(C)c1. The maximum Gasteiger partial charge on any atom is 0.242 e. The fourth-order valence-corrected chi connectivity index (χ4v) is 10.6. The molecule has 0 unspecified atom stereocenters. The molecular formula is C63H63B. The third-order valence-corrected chi connectivity index (χ3v) is 13.6. The smallest absolute Gasteiger partial charge is 0.0686 e. The van der Waals surface area contributed by atoms with Gasteiger partial charge < -0.3 is 0 Å². The molecule has 0 saturated heterocycles. The Labute approximate surface area is 384 Å². The largest absolute Gasteiger partial charge is 0.242 e. The van der Waals surface area contributed by atoms with Gasteiger partial charge in [-0.1, -0.05) is 207 Å². The van der Waals surface area contributed by atoms with Crippen molar-refractivity contribution in [2.45, 2.75) is 89.0 Å². The Morgan fingerprint density at radius 1 is 0.375 bits per heavy atom. The molecule has 0 radical (unpaired) electrons. The van der Waals surface area contributed by atoms with E-state index in [1.165, 1.54) is 133 Å². The molecule has 1 aliphatic heterocycles. The highest BCUT2D eigenvalue weighted by Crippen LogP contribution is 2.37. The van der Waals surface area contributed by atoms with E-state index in [1.807, 2.05) is 0 Å². The monoisotopic (exact) mass is 831 g/mol. The highest BCUT2D eigenvalue weighted by molar-refractivity contribution is 6.97. The maximum absolute atomic E-state index is 2.42. The van der Waals surface area contributed by atoms with Crippen LogP contribution in [0.1, 0.15) is 106 Å². The molecule has 0 aliphatic carbocycles. The van der Waals surface area contributed by atoms with Crippen molar-refractivity contribution in [3.8, 4) is 0 Å². The Hall–Kier alpha value is -6.44. The summed E-state index contributed by atoms with van der Waals surface area (Å²) in [5.41, 5.74) is 32.4. The molecule has 0 saturated carbocycles. The average Bonchev–Trinajstić information content (AvgIpc) is 3.26. The lowest BCUT2D eigenvalue weighted by Gasteiger charge is -2.31. The zero-order chi connectivity index (χ0) is 45.2. The Morgan fingerprint density at radius 3 is 1.17 bits per heavy atom. The first-order chi connectivity index (χ1) is 30.7. The van der Waals surface area contributed by atoms with Crippen molar-refractivity contribution >= 4 is 34.2 Å². The molecule has 0 amide bonds. The van der Waals surface area contributed by atoms with Crippen molar-refractivity contribution in [2.75, 3.05) is 0 Å². The highest BCUT2D eigenvalue weighted by Gasteiger charge is 2.33. The summed E-state index contributed by atoms with van der Waals surface area (Å²) >= 11 is 0. The zero-order valence-electron chi connectivity index (χ0n) is 40.0. The molecular weight excluding hydrogens is 768 g/mol. The van der Waals surface area contributed by atoms with E-state index in [-0.39, 0.29) is 6.71 Å². The van der Waals surface area contributed by atoms with Gasteiger partial charge >= 0.3 is 0 Å². The standard InChI is InChI=1S/C53H49B.C10H14/c1-34-26-37(4)49(38(5)27-34)32-41-18-20-44(21-19-41)50(42-14-10-8-11-15-42)51(43-16-12-9-13-17-43)45-22-24-48(25-23-45)54-52-39(6)28-35(2)30-46(52)33-47-31-36(3)29-40(7)53(47)54;1-7-5-8(2)10(4)9(3)6-7/h8-31H,32-33H2,1-7H3;5-6H,1-4H3. The first-order valence-electron chi connectivity index (χ1n) is 23.1. The van der Waals surface area contributed by atoms with Crippen LogP contribution in [0.15, 0.2) is 158 Å². The Bertz CT molecular complexity index is 2900. The van der Waals surface area contributed by atoms with Gasteiger partial charge in [-0.05, 0) is 172 Å². The van der Waals surface area contributed by atoms with E-state index < -0.39 is 0 Å². The van der Waals surface area contributed by atoms with E-state index in [0.717, 1.165) is 12.8 Å². The first kappa shape index (κ1) is 44.2. The minimum absolute atomic E-state index is 0.199. The van der Waals surface area contributed by atoms with E-state index in [4.69, 9.17) is 0 Å². The lowest BCUT2D eigenvalue weighted by atomic mass is 9.32. The molecule has 64 heavy (non-hydrogen) atoms. The summed E-state index contributed by atoms with van der Waals surface area (Å²) in [4.78, 5) is 0. The topological polar surface area (TPSA) is 0 Å². The fraction of sp³-hybridized carbons (Fsp3) is 0.206. The molecule has 0 aromatic heterocycles. The third-order valence-electron chi connectivity index (χ3n) is 13.6. The second-order valence-corrected chi connectivity index (χ2v) is 18.8. The number of hydrogen-bond acceptors (Lipinski definition) is 0. The minimum atomic E-state index is 0.199. The van der Waals surface area contributed by atoms with Crippen molar-refractivity contribution in [3.05, 3.63) is 263 Å². The number of hydrogen-bond donors (Lipinski definition) is 0. The van der Waals surface area contributed by atoms with Gasteiger partial charge in [0.15, 0.2) is 0 Å². The van der Waals surface area contributed by atoms with Gasteiger partial charge in [-0.15, -0.1) is 0 Å². The van der Waals surface area contributed by atoms with E-state index in [2.05, 4.69) is 234 Å². The van der Waals surface area contributed by atoms with Gasteiger partial charge in [0.25, 0.3) is 0 Å². The summed E-state index contributed by atoms with van der Waals surface area (Å²) in [5, 5.41) is 0. The van der Waals surface area contributed by atoms with Gasteiger partial charge in [0.05, 0.1) is 0 Å². The Kier molecular flexibility index (Phi) is 12.9. The molecule has 0 spiro atoms. The van der Waals surface area contributed by atoms with E-state index >= 15 is 0 Å². The van der Waals surface area contributed by atoms with E-state index in [9.17, 15) is 0 Å². The molecule has 0 bridgehead atoms. The Morgan fingerprint density at radius 2 is 0.734 bits per heavy atom. The van der Waals surface area contributed by atoms with Gasteiger partial charge in [-0.3, -0.25) is 0 Å². The Balaban J connectivity index is 0.000000496. The van der Waals surface area contributed by atoms with Crippen LogP contribution in [-0.2, 0) is 12.8 Å². The van der Waals surface area contributed by atoms with Crippen LogP contribution in [0.4, 0.5) is 0 Å². The van der Waals surface area contributed by atoms with E-state index in [0.29, 0.717) is 0 Å². The van der Waals surface area contributed by atoms with Crippen molar-refractivity contribution in [2.24, 2.45) is 0 Å². The average molecular weight is 831 g/mol. The predicted molar refractivity (Wildman–Crippen MR) is 279 cm³/mol. The number of fused-ring (bicyclic) bond motifs is 2. The summed E-state index contributed by atoms with van der Waals surface area (Å²) in [6.45, 7) is 24.6. The van der Waals surface area contributed by atoms with Crippen molar-refractivity contribution < 1.29 is 0 Å². The van der Waals surface area contributed by atoms with Crippen molar-refractivity contribution in [3.63, 3.8) is 0 Å². The van der Waals surface area contributed by atoms with Crippen molar-refractivity contribution in [1.82, 2.24) is 0 Å². The van der Waals surface area contributed by atoms with Crippen LogP contribution in [-0.4, -0.2) is 6.71 Å². The summed E-state index contributed by atoms with van der Waals surface area (Å²) < 4.78 is 0. The molecule has 8 aromatic carbocycles. The first-order valence-corrected chi connectivity index (χ1v) is 23.1. The van der Waals surface area contributed by atoms with Gasteiger partial charge in [0.2, 0.25) is 6.71 Å². The molecule has 9 rings (SSSR count). The van der Waals surface area contributed by atoms with Crippen LogP contribution in [0, 0.1) is 76.2 Å². The second kappa shape index (κ2) is 18.7. The number of rotatable bonds is 7. The van der Waals surface area contributed by atoms with Gasteiger partial charge in [-0.25, -0.2) is 0 Å². The molecule has 0 atom stereocenters. The van der Waals surface area contributed by atoms with Crippen LogP contribution >= 0.6 is 0 Å². The summed E-state index contributed by atoms with van der Waals surface area (Å²) in [6, 6.07) is 59.4. The number of aryl methyl sites for hydroxylation is 10. The molecule has 0 fully saturated rings. The summed E-state index contributed by atoms with van der Waals surface area (Å²) in [6.07, 6.45) is 1.93. The fourth-order valence-electron chi connectivity index (χ4n) is 10.6. The minimum Gasteiger partial charge on any atom is -0.0686 e. The molecule has 318 valence electrons. The molecule has 1 heteroatoms. The number of benzene rings is 8. The van der Waals surface area contributed by atoms with Crippen molar-refractivity contribution in [1.29, 1.82) is 0 Å². The summed E-state index contributed by atoms with van der Waals surface area (Å²) in [7, 11) is 0. The van der Waals surface area contributed by atoms with Gasteiger partial charge in [0.1, 0.15) is 0 Å². The van der Waals surface area contributed by atoms with E-state index in [1.54, 1.807) is 0 Å². The lowest BCUT2D eigenvalue weighted by molar-refractivity contribution is 1.11. The van der Waals surface area contributed by atoms with Crippen LogP contribution in [0.3, 0.4) is 0 Å². The van der Waals surface area contributed by atoms with Crippen LogP contribution < -0.4 is 16.4 Å². The molecule has 1 heterocycles. The molecule has 0 nitrogen and oxygen atoms in total. The molecule has 1 aliphatic rings. The second-order valence-electron chi connectivity index (χ2n) is 18.8. The highest BCUT2D eigenvalue weighted by atomic mass is 14.2. The zero-order valence-corrected chi connectivity index (χ0v) is 40.0. The lowest BCUT2D eigenvalue weighted by Crippen LogP contribution is -2.58. The van der Waals surface area contributed by atoms with Crippen LogP contribution in [0.2, 0.25) is 0 Å². The normalized spacial score (nSPS) is 12.2. The van der Waals surface area contributed by atoms with Gasteiger partial charge in [0, 0.05) is 0 Å². The third kappa shape index (κ3) is 9.27. The molecule has 0 N–H and O–H groups in total. The van der Waals surface area contributed by atoms with Crippen LogP contribution in [0.5, 0.6) is 0 Å². The molecule has 8 aromatic rings. The summed E-state index contributed by atoms with van der Waals surface area (Å²) in [5.74, 6) is 0.